The van der Waals surface area contributed by atoms with Crippen molar-refractivity contribution in [1.29, 1.82) is 0 Å². The number of ether oxygens (including phenoxy) is 1. The lowest BCUT2D eigenvalue weighted by molar-refractivity contribution is -0.154. The molecule has 33 heavy (non-hydrogen) atoms. The molecule has 0 aliphatic rings. The first-order chi connectivity index (χ1) is 15.5. The third-order valence-corrected chi connectivity index (χ3v) is 4.82. The maximum atomic E-state index is 13.1. The summed E-state index contributed by atoms with van der Waals surface area (Å²) in [6.07, 6.45) is -3.28. The lowest BCUT2D eigenvalue weighted by atomic mass is 10.1. The molecule has 2 amide bonds. The number of alkyl halides is 3. The van der Waals surface area contributed by atoms with Crippen molar-refractivity contribution in [2.45, 2.75) is 6.18 Å². The summed E-state index contributed by atoms with van der Waals surface area (Å²) in [5.74, 6) is -2.03. The van der Waals surface area contributed by atoms with Crippen LogP contribution in [-0.2, 0) is 0 Å². The predicted molar refractivity (Wildman–Crippen MR) is 116 cm³/mol. The second-order valence-corrected chi connectivity index (χ2v) is 7.59. The molecule has 8 nitrogen and oxygen atoms in total. The number of nitrogens with one attached hydrogen (secondary N) is 2. The van der Waals surface area contributed by atoms with E-state index < -0.39 is 30.5 Å². The number of aromatic nitrogens is 3. The van der Waals surface area contributed by atoms with E-state index in [9.17, 15) is 22.8 Å². The molecule has 0 aliphatic carbocycles. The zero-order valence-electron chi connectivity index (χ0n) is 16.5. The van der Waals surface area contributed by atoms with E-state index in [0.717, 1.165) is 10.7 Å². The van der Waals surface area contributed by atoms with Gasteiger partial charge in [-0.2, -0.15) is 13.2 Å². The Balaban J connectivity index is 2.05. The van der Waals surface area contributed by atoms with Gasteiger partial charge in [-0.05, 0) is 24.3 Å². The van der Waals surface area contributed by atoms with Crippen molar-refractivity contribution >= 4 is 52.3 Å². The van der Waals surface area contributed by atoms with Crippen LogP contribution in [0.4, 0.5) is 18.9 Å². The monoisotopic (exact) mass is 521 g/mol. The van der Waals surface area contributed by atoms with E-state index in [1.54, 1.807) is 0 Å². The molecule has 0 saturated heterocycles. The highest BCUT2D eigenvalue weighted by atomic mass is 35.5. The fourth-order valence-electron chi connectivity index (χ4n) is 2.63. The smallest absolute Gasteiger partial charge is 0.422 e. The van der Waals surface area contributed by atoms with E-state index in [1.807, 2.05) is 0 Å². The molecule has 0 unspecified atom stereocenters. The van der Waals surface area contributed by atoms with Gasteiger partial charge in [0.05, 0.1) is 21.3 Å². The van der Waals surface area contributed by atoms with Crippen molar-refractivity contribution in [3.8, 4) is 11.7 Å². The summed E-state index contributed by atoms with van der Waals surface area (Å²) >= 11 is 18.2. The Morgan fingerprint density at radius 1 is 1.12 bits per heavy atom. The SMILES string of the molecule is CNC(=O)c1cc(Cl)cc(Cl)c1NC(=O)c1cc(OCC(F)(F)F)nn1-c1ncccc1Cl. The zero-order valence-corrected chi connectivity index (χ0v) is 18.8. The highest BCUT2D eigenvalue weighted by molar-refractivity contribution is 6.38. The maximum Gasteiger partial charge on any atom is 0.422 e. The summed E-state index contributed by atoms with van der Waals surface area (Å²) in [7, 11) is 1.37. The van der Waals surface area contributed by atoms with Crippen molar-refractivity contribution in [3.63, 3.8) is 0 Å². The number of pyridine rings is 1. The van der Waals surface area contributed by atoms with Gasteiger partial charge >= 0.3 is 6.18 Å². The molecule has 0 aliphatic heterocycles. The Hall–Kier alpha value is -3.02. The molecular formula is C19H13Cl3F3N5O3. The van der Waals surface area contributed by atoms with E-state index in [2.05, 4.69) is 25.5 Å². The molecule has 174 valence electrons. The number of carbonyl (C=O) groups excluding carboxylic acids is 2. The first kappa shape index (κ1) is 24.6. The number of anilines is 1. The molecule has 0 atom stereocenters. The van der Waals surface area contributed by atoms with Crippen LogP contribution in [-0.4, -0.2) is 46.4 Å². The number of carbonyl (C=O) groups is 2. The fourth-order valence-corrected chi connectivity index (χ4v) is 3.38. The molecule has 2 aromatic heterocycles. The first-order valence-corrected chi connectivity index (χ1v) is 10.1. The third kappa shape index (κ3) is 5.86. The van der Waals surface area contributed by atoms with Crippen LogP contribution < -0.4 is 15.4 Å². The molecule has 0 saturated carbocycles. The summed E-state index contributed by atoms with van der Waals surface area (Å²) in [5.41, 5.74) is -0.413. The standard InChI is InChI=1S/C19H13Cl3F3N5O3/c1-26-17(31)10-5-9(20)6-12(22)15(10)28-18(32)13-7-14(33-8-19(23,24)25)29-30(13)16-11(21)3-2-4-27-16/h2-7H,8H2,1H3,(H,26,31)(H,28,32). The maximum absolute atomic E-state index is 13.1. The number of hydrogen-bond acceptors (Lipinski definition) is 5. The van der Waals surface area contributed by atoms with E-state index in [4.69, 9.17) is 34.8 Å². The molecule has 2 heterocycles. The topological polar surface area (TPSA) is 98.1 Å². The van der Waals surface area contributed by atoms with Crippen LogP contribution in [0.5, 0.6) is 5.88 Å². The lowest BCUT2D eigenvalue weighted by Gasteiger charge is -2.13. The quantitative estimate of drug-likeness (QED) is 0.486. The largest absolute Gasteiger partial charge is 0.467 e. The minimum atomic E-state index is -4.63. The van der Waals surface area contributed by atoms with Gasteiger partial charge in [0, 0.05) is 24.3 Å². The molecule has 0 bridgehead atoms. The Labute approximate surface area is 199 Å². The highest BCUT2D eigenvalue weighted by Crippen LogP contribution is 2.31. The molecule has 0 spiro atoms. The molecule has 3 rings (SSSR count). The third-order valence-electron chi connectivity index (χ3n) is 4.01. The lowest BCUT2D eigenvalue weighted by Crippen LogP contribution is -2.23. The van der Waals surface area contributed by atoms with Gasteiger partial charge in [0.2, 0.25) is 5.88 Å². The first-order valence-electron chi connectivity index (χ1n) is 8.93. The second kappa shape index (κ2) is 9.86. The fraction of sp³-hybridized carbons (Fsp3) is 0.158. The van der Waals surface area contributed by atoms with Crippen molar-refractivity contribution in [2.24, 2.45) is 0 Å². The van der Waals surface area contributed by atoms with Crippen molar-refractivity contribution in [1.82, 2.24) is 20.1 Å². The van der Waals surface area contributed by atoms with Crippen LogP contribution >= 0.6 is 34.8 Å². The molecule has 0 fully saturated rings. The molecule has 2 N–H and O–H groups in total. The minimum Gasteiger partial charge on any atom is -0.467 e. The Bertz CT molecular complexity index is 1220. The van der Waals surface area contributed by atoms with Crippen LogP contribution in [0, 0.1) is 0 Å². The van der Waals surface area contributed by atoms with Crippen LogP contribution in [0.3, 0.4) is 0 Å². The van der Waals surface area contributed by atoms with Gasteiger partial charge in [-0.25, -0.2) is 9.67 Å². The molecule has 0 radical (unpaired) electrons. The van der Waals surface area contributed by atoms with Crippen LogP contribution in [0.1, 0.15) is 20.8 Å². The van der Waals surface area contributed by atoms with Crippen molar-refractivity contribution in [2.75, 3.05) is 19.0 Å². The molecule has 1 aromatic carbocycles. The Morgan fingerprint density at radius 2 is 1.85 bits per heavy atom. The number of hydrogen-bond donors (Lipinski definition) is 2. The van der Waals surface area contributed by atoms with Gasteiger partial charge in [0.25, 0.3) is 11.8 Å². The number of halogens is 6. The zero-order chi connectivity index (χ0) is 24.3. The highest BCUT2D eigenvalue weighted by Gasteiger charge is 2.30. The van der Waals surface area contributed by atoms with Gasteiger partial charge in [-0.3, -0.25) is 9.59 Å². The van der Waals surface area contributed by atoms with Gasteiger partial charge < -0.3 is 15.4 Å². The van der Waals surface area contributed by atoms with Crippen LogP contribution in [0.2, 0.25) is 15.1 Å². The van der Waals surface area contributed by atoms with Crippen molar-refractivity contribution in [3.05, 3.63) is 62.9 Å². The number of benzene rings is 1. The van der Waals surface area contributed by atoms with Gasteiger partial charge in [0.1, 0.15) is 5.69 Å². The average Bonchev–Trinajstić information content (AvgIpc) is 3.17. The average molecular weight is 523 g/mol. The van der Waals surface area contributed by atoms with E-state index in [0.29, 0.717) is 0 Å². The Morgan fingerprint density at radius 3 is 2.48 bits per heavy atom. The normalized spacial score (nSPS) is 11.2. The summed E-state index contributed by atoms with van der Waals surface area (Å²) in [5, 5.41) is 8.87. The number of amides is 2. The molecular weight excluding hydrogens is 510 g/mol. The summed E-state index contributed by atoms with van der Waals surface area (Å²) < 4.78 is 43.3. The molecule has 3 aromatic rings. The van der Waals surface area contributed by atoms with Crippen LogP contribution in [0.25, 0.3) is 5.82 Å². The predicted octanol–water partition coefficient (Wildman–Crippen LogP) is 4.78. The summed E-state index contributed by atoms with van der Waals surface area (Å²) in [6, 6.07) is 6.51. The van der Waals surface area contributed by atoms with E-state index >= 15 is 0 Å². The van der Waals surface area contributed by atoms with Gasteiger partial charge in [-0.15, -0.1) is 5.10 Å². The number of rotatable bonds is 6. The summed E-state index contributed by atoms with van der Waals surface area (Å²) in [6.45, 7) is -1.63. The molecule has 14 heteroatoms. The Kier molecular flexibility index (Phi) is 7.35. The van der Waals surface area contributed by atoms with Gasteiger partial charge in [0.15, 0.2) is 12.4 Å². The minimum absolute atomic E-state index is 0.0418. The summed E-state index contributed by atoms with van der Waals surface area (Å²) in [4.78, 5) is 29.3. The van der Waals surface area contributed by atoms with E-state index in [-0.39, 0.29) is 37.8 Å². The number of nitrogens with zero attached hydrogens (tertiary/aromatic N) is 3. The van der Waals surface area contributed by atoms with Gasteiger partial charge in [-0.1, -0.05) is 34.8 Å². The second-order valence-electron chi connectivity index (χ2n) is 6.34. The van der Waals surface area contributed by atoms with Crippen LogP contribution in [0.15, 0.2) is 36.5 Å². The van der Waals surface area contributed by atoms with E-state index in [1.165, 1.54) is 37.5 Å². The van der Waals surface area contributed by atoms with Crippen molar-refractivity contribution < 1.29 is 27.5 Å².